The van der Waals surface area contributed by atoms with Crippen LogP contribution in [0.4, 0.5) is 5.95 Å². The van der Waals surface area contributed by atoms with E-state index in [0.29, 0.717) is 43.1 Å². The molecule has 2 aromatic heterocycles. The Balaban J connectivity index is 1.32. The first-order valence-electron chi connectivity index (χ1n) is 12.0. The van der Waals surface area contributed by atoms with Gasteiger partial charge in [-0.1, -0.05) is 29.8 Å². The van der Waals surface area contributed by atoms with E-state index in [1.54, 1.807) is 24.3 Å². The Labute approximate surface area is 209 Å². The van der Waals surface area contributed by atoms with Crippen molar-refractivity contribution in [1.82, 2.24) is 19.7 Å². The number of nitrogens with zero attached hydrogens (tertiary/aromatic N) is 4. The smallest absolute Gasteiger partial charge is 0.257 e. The molecule has 0 saturated heterocycles. The van der Waals surface area contributed by atoms with Gasteiger partial charge in [-0.3, -0.25) is 10.1 Å². The van der Waals surface area contributed by atoms with Crippen LogP contribution in [-0.4, -0.2) is 38.9 Å². The average molecular weight is 482 g/mol. The summed E-state index contributed by atoms with van der Waals surface area (Å²) in [6, 6.07) is 22.8. The number of imidazole rings is 1. The van der Waals surface area contributed by atoms with Crippen LogP contribution in [0, 0.1) is 6.92 Å². The van der Waals surface area contributed by atoms with Gasteiger partial charge < -0.3 is 13.7 Å². The zero-order valence-corrected chi connectivity index (χ0v) is 20.3. The first-order valence-corrected chi connectivity index (χ1v) is 12.0. The molecule has 0 atom stereocenters. The molecule has 36 heavy (non-hydrogen) atoms. The highest BCUT2D eigenvalue weighted by Crippen LogP contribution is 2.25. The van der Waals surface area contributed by atoms with Gasteiger partial charge in [0.1, 0.15) is 0 Å². The van der Waals surface area contributed by atoms with Gasteiger partial charge in [0.2, 0.25) is 17.7 Å². The molecule has 1 N–H and O–H groups in total. The van der Waals surface area contributed by atoms with Crippen molar-refractivity contribution >= 4 is 22.9 Å². The third-order valence-corrected chi connectivity index (χ3v) is 5.84. The van der Waals surface area contributed by atoms with Gasteiger partial charge >= 0.3 is 0 Å². The van der Waals surface area contributed by atoms with Crippen molar-refractivity contribution in [3.05, 3.63) is 83.9 Å². The fourth-order valence-corrected chi connectivity index (χ4v) is 4.04. The van der Waals surface area contributed by atoms with Gasteiger partial charge in [0, 0.05) is 36.4 Å². The molecule has 0 aliphatic carbocycles. The summed E-state index contributed by atoms with van der Waals surface area (Å²) in [6.45, 7) is 6.02. The summed E-state index contributed by atoms with van der Waals surface area (Å²) in [6.07, 6.45) is 0.820. The molecule has 1 amide bonds. The third kappa shape index (κ3) is 5.04. The van der Waals surface area contributed by atoms with E-state index in [1.807, 2.05) is 66.9 Å². The van der Waals surface area contributed by atoms with Crippen LogP contribution >= 0.6 is 0 Å². The quantitative estimate of drug-likeness (QED) is 0.270. The van der Waals surface area contributed by atoms with Crippen molar-refractivity contribution in [2.75, 3.05) is 18.5 Å². The second-order valence-corrected chi connectivity index (χ2v) is 8.44. The van der Waals surface area contributed by atoms with Crippen LogP contribution in [-0.2, 0) is 11.3 Å². The first kappa shape index (κ1) is 23.4. The van der Waals surface area contributed by atoms with Gasteiger partial charge in [0.25, 0.3) is 5.91 Å². The molecule has 0 spiro atoms. The number of fused-ring (bicyclic) bond motifs is 1. The molecule has 182 valence electrons. The van der Waals surface area contributed by atoms with Gasteiger partial charge in [0.15, 0.2) is 0 Å². The van der Waals surface area contributed by atoms with E-state index in [4.69, 9.17) is 9.15 Å². The first-order chi connectivity index (χ1) is 17.6. The fourth-order valence-electron chi connectivity index (χ4n) is 4.04. The summed E-state index contributed by atoms with van der Waals surface area (Å²) in [5.41, 5.74) is 5.03. The minimum atomic E-state index is -0.242. The molecule has 5 aromatic rings. The molecule has 8 nitrogen and oxygen atoms in total. The number of nitrogens with one attached hydrogen (secondary N) is 1. The summed E-state index contributed by atoms with van der Waals surface area (Å²) >= 11 is 0. The standard InChI is InChI=1S/C28H27N5O3/c1-3-35-17-7-16-33-24-11-5-4-10-23(24)29-28(33)30-25(34)20-12-14-21(15-13-20)26-31-32-27(36-26)22-9-6-8-19(2)18-22/h4-6,8-15,18H,3,7,16-17H2,1-2H3,(H,29,30,34). The summed E-state index contributed by atoms with van der Waals surface area (Å²) < 4.78 is 13.4. The second-order valence-electron chi connectivity index (χ2n) is 8.44. The van der Waals surface area contributed by atoms with E-state index >= 15 is 0 Å². The lowest BCUT2D eigenvalue weighted by molar-refractivity contribution is 0.102. The Morgan fingerprint density at radius 2 is 1.75 bits per heavy atom. The molecule has 0 aliphatic rings. The highest BCUT2D eigenvalue weighted by molar-refractivity contribution is 6.04. The Morgan fingerprint density at radius 3 is 2.53 bits per heavy atom. The molecule has 0 unspecified atom stereocenters. The fraction of sp³-hybridized carbons (Fsp3) is 0.214. The molecular formula is C28H27N5O3. The predicted octanol–water partition coefficient (Wildman–Crippen LogP) is 5.74. The zero-order chi connectivity index (χ0) is 24.9. The maximum atomic E-state index is 13.0. The lowest BCUT2D eigenvalue weighted by atomic mass is 10.1. The summed E-state index contributed by atoms with van der Waals surface area (Å²) in [4.78, 5) is 17.7. The van der Waals surface area contributed by atoms with E-state index in [-0.39, 0.29) is 5.91 Å². The van der Waals surface area contributed by atoms with E-state index in [9.17, 15) is 4.79 Å². The number of aromatic nitrogens is 4. The third-order valence-electron chi connectivity index (χ3n) is 5.84. The van der Waals surface area contributed by atoms with E-state index < -0.39 is 0 Å². The molecule has 0 fully saturated rings. The van der Waals surface area contributed by atoms with Crippen LogP contribution in [0.3, 0.4) is 0 Å². The molecule has 3 aromatic carbocycles. The number of benzene rings is 3. The molecule has 0 aliphatic heterocycles. The molecule has 2 heterocycles. The minimum Gasteiger partial charge on any atom is -0.416 e. The van der Waals surface area contributed by atoms with Crippen LogP contribution in [0.25, 0.3) is 33.9 Å². The number of ether oxygens (including phenoxy) is 1. The van der Waals surface area contributed by atoms with Crippen LogP contribution < -0.4 is 5.32 Å². The summed E-state index contributed by atoms with van der Waals surface area (Å²) in [7, 11) is 0. The maximum absolute atomic E-state index is 13.0. The number of rotatable bonds is 9. The molecule has 0 radical (unpaired) electrons. The van der Waals surface area contributed by atoms with Crippen LogP contribution in [0.1, 0.15) is 29.3 Å². The van der Waals surface area contributed by atoms with Crippen molar-refractivity contribution < 1.29 is 13.9 Å². The van der Waals surface area contributed by atoms with Crippen LogP contribution in [0.5, 0.6) is 0 Å². The average Bonchev–Trinajstić information content (AvgIpc) is 3.52. The maximum Gasteiger partial charge on any atom is 0.257 e. The zero-order valence-electron chi connectivity index (χ0n) is 20.3. The highest BCUT2D eigenvalue weighted by atomic mass is 16.5. The second kappa shape index (κ2) is 10.5. The predicted molar refractivity (Wildman–Crippen MR) is 139 cm³/mol. The highest BCUT2D eigenvalue weighted by Gasteiger charge is 2.16. The number of hydrogen-bond acceptors (Lipinski definition) is 6. The number of hydrogen-bond donors (Lipinski definition) is 1. The monoisotopic (exact) mass is 481 g/mol. The Kier molecular flexibility index (Phi) is 6.86. The van der Waals surface area contributed by atoms with E-state index in [1.165, 1.54) is 0 Å². The van der Waals surface area contributed by atoms with Gasteiger partial charge in [-0.05, 0) is 68.8 Å². The Bertz CT molecular complexity index is 1490. The Hall–Kier alpha value is -4.30. The lowest BCUT2D eigenvalue weighted by Crippen LogP contribution is -2.16. The largest absolute Gasteiger partial charge is 0.416 e. The number of carbonyl (C=O) groups is 1. The summed E-state index contributed by atoms with van der Waals surface area (Å²) in [5.74, 6) is 1.13. The molecular weight excluding hydrogens is 454 g/mol. The number of carbonyl (C=O) groups excluding carboxylic acids is 1. The van der Waals surface area contributed by atoms with Crippen molar-refractivity contribution in [3.8, 4) is 22.9 Å². The number of amides is 1. The SMILES string of the molecule is CCOCCCn1c(NC(=O)c2ccc(-c3nnc(-c4cccc(C)c4)o3)cc2)nc2ccccc21. The molecule has 0 bridgehead atoms. The van der Waals surface area contributed by atoms with Gasteiger partial charge in [-0.15, -0.1) is 10.2 Å². The van der Waals surface area contributed by atoms with Crippen molar-refractivity contribution in [3.63, 3.8) is 0 Å². The topological polar surface area (TPSA) is 95.1 Å². The molecule has 5 rings (SSSR count). The van der Waals surface area contributed by atoms with Crippen LogP contribution in [0.15, 0.2) is 77.2 Å². The molecule has 8 heteroatoms. The summed E-state index contributed by atoms with van der Waals surface area (Å²) in [5, 5.41) is 11.3. The van der Waals surface area contributed by atoms with E-state index in [0.717, 1.165) is 34.1 Å². The normalized spacial score (nSPS) is 11.2. The molecule has 0 saturated carbocycles. The van der Waals surface area contributed by atoms with Crippen molar-refractivity contribution in [1.29, 1.82) is 0 Å². The number of para-hydroxylation sites is 2. The van der Waals surface area contributed by atoms with Gasteiger partial charge in [0.05, 0.1) is 11.0 Å². The number of aryl methyl sites for hydroxylation is 2. The van der Waals surface area contributed by atoms with Crippen molar-refractivity contribution in [2.45, 2.75) is 26.8 Å². The van der Waals surface area contributed by atoms with E-state index in [2.05, 4.69) is 20.5 Å². The Morgan fingerprint density at radius 1 is 0.972 bits per heavy atom. The van der Waals surface area contributed by atoms with Gasteiger partial charge in [-0.2, -0.15) is 0 Å². The van der Waals surface area contributed by atoms with Crippen molar-refractivity contribution in [2.24, 2.45) is 0 Å². The minimum absolute atomic E-state index is 0.242. The van der Waals surface area contributed by atoms with Crippen LogP contribution in [0.2, 0.25) is 0 Å². The lowest BCUT2D eigenvalue weighted by Gasteiger charge is -2.10. The van der Waals surface area contributed by atoms with Gasteiger partial charge in [-0.25, -0.2) is 4.98 Å². The number of anilines is 1.